The summed E-state index contributed by atoms with van der Waals surface area (Å²) in [6.45, 7) is 6.09. The smallest absolute Gasteiger partial charge is 0.252 e. The summed E-state index contributed by atoms with van der Waals surface area (Å²) in [7, 11) is 0. The SMILES string of the molecule is CC(=O)N1C2CCC(C3CCCC(C4CCCO4)C3)CC2N(C(=O)C2CCCO2)C[C@@H]1C. The molecule has 3 heterocycles. The molecular formula is C26H42N2O4. The van der Waals surface area contributed by atoms with E-state index in [9.17, 15) is 9.59 Å². The molecule has 3 saturated heterocycles. The molecule has 7 unspecified atom stereocenters. The highest BCUT2D eigenvalue weighted by Gasteiger charge is 2.49. The minimum Gasteiger partial charge on any atom is -0.378 e. The van der Waals surface area contributed by atoms with Gasteiger partial charge in [-0.25, -0.2) is 0 Å². The van der Waals surface area contributed by atoms with Gasteiger partial charge in [0.05, 0.1) is 18.2 Å². The Kier molecular flexibility index (Phi) is 6.80. The number of ether oxygens (including phenoxy) is 2. The number of hydrogen-bond acceptors (Lipinski definition) is 4. The first-order valence-electron chi connectivity index (χ1n) is 13.4. The van der Waals surface area contributed by atoms with Crippen LogP contribution < -0.4 is 0 Å². The van der Waals surface area contributed by atoms with Gasteiger partial charge in [0, 0.05) is 32.7 Å². The van der Waals surface area contributed by atoms with Crippen LogP contribution in [0.15, 0.2) is 0 Å². The van der Waals surface area contributed by atoms with Gasteiger partial charge >= 0.3 is 0 Å². The average molecular weight is 447 g/mol. The van der Waals surface area contributed by atoms with Crippen LogP contribution in [0.4, 0.5) is 0 Å². The van der Waals surface area contributed by atoms with Crippen molar-refractivity contribution in [2.24, 2.45) is 17.8 Å². The molecule has 5 rings (SSSR count). The van der Waals surface area contributed by atoms with E-state index in [1.54, 1.807) is 6.92 Å². The Morgan fingerprint density at radius 2 is 1.53 bits per heavy atom. The van der Waals surface area contributed by atoms with Gasteiger partial charge in [-0.05, 0) is 82.5 Å². The van der Waals surface area contributed by atoms with E-state index in [1.165, 1.54) is 44.9 Å². The van der Waals surface area contributed by atoms with Crippen molar-refractivity contribution in [2.75, 3.05) is 19.8 Å². The first-order chi connectivity index (χ1) is 15.5. The van der Waals surface area contributed by atoms with Crippen molar-refractivity contribution in [1.29, 1.82) is 0 Å². The van der Waals surface area contributed by atoms with Crippen molar-refractivity contribution in [3.05, 3.63) is 0 Å². The van der Waals surface area contributed by atoms with E-state index in [0.717, 1.165) is 44.1 Å². The summed E-state index contributed by atoms with van der Waals surface area (Å²) >= 11 is 0. The molecule has 180 valence electrons. The molecule has 0 aromatic heterocycles. The van der Waals surface area contributed by atoms with Crippen molar-refractivity contribution in [3.63, 3.8) is 0 Å². The number of carbonyl (C=O) groups excluding carboxylic acids is 2. The quantitative estimate of drug-likeness (QED) is 0.662. The van der Waals surface area contributed by atoms with Crippen LogP contribution in [0, 0.1) is 17.8 Å². The molecule has 0 N–H and O–H groups in total. The molecule has 32 heavy (non-hydrogen) atoms. The van der Waals surface area contributed by atoms with Crippen LogP contribution in [-0.4, -0.2) is 71.7 Å². The normalized spacial score (nSPS) is 42.7. The summed E-state index contributed by atoms with van der Waals surface area (Å²) in [5.74, 6) is 2.45. The third-order valence-corrected chi connectivity index (χ3v) is 9.28. The van der Waals surface area contributed by atoms with Crippen molar-refractivity contribution in [3.8, 4) is 0 Å². The zero-order valence-electron chi connectivity index (χ0n) is 20.0. The highest BCUT2D eigenvalue weighted by atomic mass is 16.5. The van der Waals surface area contributed by atoms with E-state index >= 15 is 0 Å². The predicted molar refractivity (Wildman–Crippen MR) is 122 cm³/mol. The van der Waals surface area contributed by atoms with Gasteiger partial charge in [0.25, 0.3) is 5.91 Å². The maximum atomic E-state index is 13.5. The Balaban J connectivity index is 1.32. The second kappa shape index (κ2) is 9.61. The fraction of sp³-hybridized carbons (Fsp3) is 0.923. The largest absolute Gasteiger partial charge is 0.378 e. The summed E-state index contributed by atoms with van der Waals surface area (Å²) in [4.78, 5) is 30.3. The van der Waals surface area contributed by atoms with Gasteiger partial charge in [0.2, 0.25) is 5.91 Å². The Hall–Kier alpha value is -1.14. The van der Waals surface area contributed by atoms with Gasteiger partial charge in [-0.2, -0.15) is 0 Å². The predicted octanol–water partition coefficient (Wildman–Crippen LogP) is 3.77. The third-order valence-electron chi connectivity index (χ3n) is 9.28. The van der Waals surface area contributed by atoms with Gasteiger partial charge in [-0.3, -0.25) is 9.59 Å². The van der Waals surface area contributed by atoms with Crippen LogP contribution in [0.25, 0.3) is 0 Å². The summed E-state index contributed by atoms with van der Waals surface area (Å²) in [5, 5.41) is 0. The Labute approximate surface area is 193 Å². The number of piperazine rings is 1. The van der Waals surface area contributed by atoms with E-state index in [0.29, 0.717) is 25.2 Å². The molecular weight excluding hydrogens is 404 g/mol. The molecule has 6 heteroatoms. The molecule has 6 nitrogen and oxygen atoms in total. The highest BCUT2D eigenvalue weighted by Crippen LogP contribution is 2.45. The molecule has 0 spiro atoms. The second-order valence-corrected chi connectivity index (χ2v) is 11.2. The van der Waals surface area contributed by atoms with Crippen molar-refractivity contribution in [1.82, 2.24) is 9.80 Å². The van der Waals surface area contributed by atoms with Crippen LogP contribution in [0.3, 0.4) is 0 Å². The monoisotopic (exact) mass is 446 g/mol. The zero-order valence-corrected chi connectivity index (χ0v) is 20.0. The van der Waals surface area contributed by atoms with Gasteiger partial charge in [0.15, 0.2) is 0 Å². The van der Waals surface area contributed by atoms with Crippen LogP contribution >= 0.6 is 0 Å². The van der Waals surface area contributed by atoms with E-state index in [-0.39, 0.29) is 36.0 Å². The Bertz CT molecular complexity index is 687. The van der Waals surface area contributed by atoms with Crippen LogP contribution in [0.1, 0.15) is 84.5 Å². The number of nitrogens with zero attached hydrogens (tertiary/aromatic N) is 2. The van der Waals surface area contributed by atoms with E-state index in [1.807, 2.05) is 0 Å². The van der Waals surface area contributed by atoms with Crippen molar-refractivity contribution >= 4 is 11.8 Å². The molecule has 5 aliphatic rings. The summed E-state index contributed by atoms with van der Waals surface area (Å²) in [5.41, 5.74) is 0. The third kappa shape index (κ3) is 4.34. The van der Waals surface area contributed by atoms with Crippen LogP contribution in [-0.2, 0) is 19.1 Å². The molecule has 5 fully saturated rings. The van der Waals surface area contributed by atoms with Crippen molar-refractivity contribution in [2.45, 2.75) is 115 Å². The zero-order chi connectivity index (χ0) is 22.2. The fourth-order valence-corrected chi connectivity index (χ4v) is 7.85. The Morgan fingerprint density at radius 1 is 0.781 bits per heavy atom. The molecule has 2 aliphatic carbocycles. The standard InChI is InChI=1S/C26H42N2O4/c1-17-16-27(26(30)25-9-5-13-32-25)23-15-20(10-11-22(23)28(17)18(2)29)19-6-3-7-21(14-19)24-8-4-12-31-24/h17,19-25H,3-16H2,1-2H3/t17-,19?,20?,21?,22?,23?,24?,25?/m0/s1. The lowest BCUT2D eigenvalue weighted by Crippen LogP contribution is -2.68. The molecule has 0 radical (unpaired) electrons. The topological polar surface area (TPSA) is 59.1 Å². The maximum Gasteiger partial charge on any atom is 0.252 e. The molecule has 3 aliphatic heterocycles. The van der Waals surface area contributed by atoms with Crippen molar-refractivity contribution < 1.29 is 19.1 Å². The van der Waals surface area contributed by atoms with Gasteiger partial charge < -0.3 is 19.3 Å². The lowest BCUT2D eigenvalue weighted by molar-refractivity contribution is -0.160. The lowest BCUT2D eigenvalue weighted by Gasteiger charge is -2.55. The number of rotatable bonds is 3. The minimum absolute atomic E-state index is 0.0780. The molecule has 2 saturated carbocycles. The maximum absolute atomic E-state index is 13.5. The summed E-state index contributed by atoms with van der Waals surface area (Å²) < 4.78 is 11.8. The van der Waals surface area contributed by atoms with Gasteiger partial charge in [0.1, 0.15) is 6.10 Å². The number of carbonyl (C=O) groups is 2. The molecule has 0 bridgehead atoms. The minimum atomic E-state index is -0.273. The number of fused-ring (bicyclic) bond motifs is 1. The first kappa shape index (κ1) is 22.6. The number of hydrogen-bond donors (Lipinski definition) is 0. The second-order valence-electron chi connectivity index (χ2n) is 11.2. The molecule has 8 atom stereocenters. The Morgan fingerprint density at radius 3 is 2.25 bits per heavy atom. The van der Waals surface area contributed by atoms with E-state index in [2.05, 4.69) is 16.7 Å². The summed E-state index contributed by atoms with van der Waals surface area (Å²) in [6.07, 6.45) is 13.0. The number of amides is 2. The van der Waals surface area contributed by atoms with Crippen LogP contribution in [0.2, 0.25) is 0 Å². The molecule has 2 amide bonds. The average Bonchev–Trinajstić information content (AvgIpc) is 3.52. The van der Waals surface area contributed by atoms with E-state index < -0.39 is 0 Å². The summed E-state index contributed by atoms with van der Waals surface area (Å²) in [6, 6.07) is 0.387. The van der Waals surface area contributed by atoms with E-state index in [4.69, 9.17) is 9.47 Å². The van der Waals surface area contributed by atoms with Gasteiger partial charge in [-0.15, -0.1) is 0 Å². The first-order valence-corrected chi connectivity index (χ1v) is 13.4. The van der Waals surface area contributed by atoms with Gasteiger partial charge in [-0.1, -0.05) is 12.8 Å². The molecule has 0 aromatic carbocycles. The highest BCUT2D eigenvalue weighted by molar-refractivity contribution is 5.82. The molecule has 0 aromatic rings. The fourth-order valence-electron chi connectivity index (χ4n) is 7.85. The lowest BCUT2D eigenvalue weighted by atomic mass is 9.66. The van der Waals surface area contributed by atoms with Crippen LogP contribution in [0.5, 0.6) is 0 Å².